The molecule has 0 aliphatic rings. The van der Waals surface area contributed by atoms with Gasteiger partial charge in [0.2, 0.25) is 0 Å². The van der Waals surface area contributed by atoms with Gasteiger partial charge in [-0.2, -0.15) is 0 Å². The van der Waals surface area contributed by atoms with E-state index in [1.807, 2.05) is 30.3 Å². The van der Waals surface area contributed by atoms with Crippen LogP contribution in [0.25, 0.3) is 6.08 Å². The van der Waals surface area contributed by atoms with Gasteiger partial charge in [-0.05, 0) is 17.5 Å². The number of hydrogen-bond donors (Lipinski definition) is 1. The summed E-state index contributed by atoms with van der Waals surface area (Å²) >= 11 is 0. The maximum Gasteiger partial charge on any atom is 0.309 e. The molecule has 0 saturated heterocycles. The van der Waals surface area contributed by atoms with Crippen LogP contribution in [0.4, 0.5) is 0 Å². The van der Waals surface area contributed by atoms with Gasteiger partial charge in [0.1, 0.15) is 0 Å². The first-order valence-electron chi connectivity index (χ1n) is 5.19. The van der Waals surface area contributed by atoms with Crippen LogP contribution in [0.5, 0.6) is 0 Å². The van der Waals surface area contributed by atoms with E-state index in [1.54, 1.807) is 6.08 Å². The molecule has 3 nitrogen and oxygen atoms in total. The summed E-state index contributed by atoms with van der Waals surface area (Å²) in [6.07, 6.45) is 4.60. The van der Waals surface area contributed by atoms with Crippen molar-refractivity contribution in [3.63, 3.8) is 0 Å². The first-order valence-corrected chi connectivity index (χ1v) is 5.19. The summed E-state index contributed by atoms with van der Waals surface area (Å²) in [4.78, 5) is 10.8. The molecule has 1 aromatic rings. The summed E-state index contributed by atoms with van der Waals surface area (Å²) in [5.74, 6) is -0.242. The van der Waals surface area contributed by atoms with Crippen LogP contribution in [-0.2, 0) is 16.0 Å². The molecule has 16 heavy (non-hydrogen) atoms. The minimum Gasteiger partial charge on any atom is -0.469 e. The Morgan fingerprint density at radius 3 is 2.62 bits per heavy atom. The molecule has 1 N–H and O–H groups in total. The Hall–Kier alpha value is -1.61. The summed E-state index contributed by atoms with van der Waals surface area (Å²) < 4.78 is 4.52. The molecule has 86 valence electrons. The molecular formula is C13H16O3. The molecule has 0 amide bonds. The molecule has 0 aliphatic carbocycles. The number of esters is 1. The Morgan fingerprint density at radius 2 is 2.06 bits per heavy atom. The van der Waals surface area contributed by atoms with Crippen molar-refractivity contribution in [2.24, 2.45) is 0 Å². The van der Waals surface area contributed by atoms with Crippen molar-refractivity contribution >= 4 is 12.0 Å². The fraction of sp³-hybridized carbons (Fsp3) is 0.308. The van der Waals surface area contributed by atoms with E-state index >= 15 is 0 Å². The van der Waals surface area contributed by atoms with Crippen LogP contribution >= 0.6 is 0 Å². The predicted octanol–water partition coefficient (Wildman–Crippen LogP) is 1.80. The van der Waals surface area contributed by atoms with Crippen molar-refractivity contribution in [3.05, 3.63) is 41.5 Å². The van der Waals surface area contributed by atoms with Gasteiger partial charge in [0, 0.05) is 6.61 Å². The number of carbonyl (C=O) groups is 1. The summed E-state index contributed by atoms with van der Waals surface area (Å²) in [6, 6.07) is 7.85. The minimum atomic E-state index is -0.242. The summed E-state index contributed by atoms with van der Waals surface area (Å²) in [5.41, 5.74) is 2.14. The molecule has 1 rings (SSSR count). The number of methoxy groups -OCH3 is 1. The number of aliphatic hydroxyl groups is 1. The van der Waals surface area contributed by atoms with Gasteiger partial charge in [-0.15, -0.1) is 0 Å². The Bertz CT molecular complexity index is 352. The van der Waals surface area contributed by atoms with Gasteiger partial charge in [-0.25, -0.2) is 0 Å². The maximum absolute atomic E-state index is 10.8. The second-order valence-corrected chi connectivity index (χ2v) is 3.40. The average molecular weight is 220 g/mol. The van der Waals surface area contributed by atoms with Gasteiger partial charge in [0.05, 0.1) is 13.5 Å². The Balaban J connectivity index is 2.51. The second kappa shape index (κ2) is 6.80. The number of carbonyl (C=O) groups excluding carboxylic acids is 1. The van der Waals surface area contributed by atoms with Crippen molar-refractivity contribution in [1.29, 1.82) is 0 Å². The maximum atomic E-state index is 10.8. The number of aliphatic hydroxyl groups excluding tert-OH is 1. The highest BCUT2D eigenvalue weighted by atomic mass is 16.5. The van der Waals surface area contributed by atoms with E-state index in [1.165, 1.54) is 7.11 Å². The van der Waals surface area contributed by atoms with E-state index in [-0.39, 0.29) is 19.0 Å². The third-order valence-electron chi connectivity index (χ3n) is 2.20. The number of benzene rings is 1. The van der Waals surface area contributed by atoms with E-state index in [0.29, 0.717) is 6.42 Å². The van der Waals surface area contributed by atoms with Crippen LogP contribution in [0, 0.1) is 0 Å². The SMILES string of the molecule is COC(=O)CC=Cc1ccc(CCO)cc1. The molecule has 0 aliphatic heterocycles. The van der Waals surface area contributed by atoms with Crippen molar-refractivity contribution in [2.45, 2.75) is 12.8 Å². The fourth-order valence-corrected chi connectivity index (χ4v) is 1.30. The van der Waals surface area contributed by atoms with E-state index in [4.69, 9.17) is 5.11 Å². The summed E-state index contributed by atoms with van der Waals surface area (Å²) in [6.45, 7) is 0.164. The van der Waals surface area contributed by atoms with Gasteiger partial charge in [0.25, 0.3) is 0 Å². The normalized spacial score (nSPS) is 10.6. The van der Waals surface area contributed by atoms with E-state index < -0.39 is 0 Å². The lowest BCUT2D eigenvalue weighted by molar-refractivity contribution is -0.139. The Labute approximate surface area is 95.4 Å². The van der Waals surface area contributed by atoms with E-state index in [9.17, 15) is 4.79 Å². The summed E-state index contributed by atoms with van der Waals surface area (Å²) in [7, 11) is 1.37. The first kappa shape index (κ1) is 12.5. The van der Waals surface area contributed by atoms with E-state index in [0.717, 1.165) is 11.1 Å². The monoisotopic (exact) mass is 220 g/mol. The highest BCUT2D eigenvalue weighted by molar-refractivity contribution is 5.72. The third kappa shape index (κ3) is 4.28. The molecule has 0 bridgehead atoms. The average Bonchev–Trinajstić information content (AvgIpc) is 2.31. The van der Waals surface area contributed by atoms with Crippen LogP contribution in [0.3, 0.4) is 0 Å². The molecule has 1 aromatic carbocycles. The van der Waals surface area contributed by atoms with Crippen molar-refractivity contribution < 1.29 is 14.6 Å². The van der Waals surface area contributed by atoms with Crippen molar-refractivity contribution in [2.75, 3.05) is 13.7 Å². The number of rotatable bonds is 5. The highest BCUT2D eigenvalue weighted by Gasteiger charge is 1.94. The molecule has 0 aromatic heterocycles. The third-order valence-corrected chi connectivity index (χ3v) is 2.20. The van der Waals surface area contributed by atoms with Gasteiger partial charge in [-0.1, -0.05) is 36.4 Å². The van der Waals surface area contributed by atoms with Crippen LogP contribution in [-0.4, -0.2) is 24.8 Å². The molecule has 0 spiro atoms. The zero-order valence-electron chi connectivity index (χ0n) is 9.35. The summed E-state index contributed by atoms with van der Waals surface area (Å²) in [5, 5.41) is 8.75. The quantitative estimate of drug-likeness (QED) is 0.770. The molecule has 0 heterocycles. The minimum absolute atomic E-state index is 0.164. The largest absolute Gasteiger partial charge is 0.469 e. The second-order valence-electron chi connectivity index (χ2n) is 3.40. The van der Waals surface area contributed by atoms with Crippen LogP contribution in [0.15, 0.2) is 30.3 Å². The van der Waals surface area contributed by atoms with Crippen molar-refractivity contribution in [1.82, 2.24) is 0 Å². The molecule has 0 atom stereocenters. The Kier molecular flexibility index (Phi) is 5.29. The van der Waals surface area contributed by atoms with Gasteiger partial charge in [-0.3, -0.25) is 4.79 Å². The fourth-order valence-electron chi connectivity index (χ4n) is 1.30. The molecule has 3 heteroatoms. The van der Waals surface area contributed by atoms with Gasteiger partial charge < -0.3 is 9.84 Å². The highest BCUT2D eigenvalue weighted by Crippen LogP contribution is 2.07. The number of ether oxygens (including phenoxy) is 1. The lowest BCUT2D eigenvalue weighted by Crippen LogP contribution is -1.96. The lowest BCUT2D eigenvalue weighted by atomic mass is 10.1. The van der Waals surface area contributed by atoms with Crippen LogP contribution in [0.1, 0.15) is 17.5 Å². The topological polar surface area (TPSA) is 46.5 Å². The van der Waals surface area contributed by atoms with Gasteiger partial charge >= 0.3 is 5.97 Å². The number of hydrogen-bond acceptors (Lipinski definition) is 3. The molecular weight excluding hydrogens is 204 g/mol. The van der Waals surface area contributed by atoms with E-state index in [2.05, 4.69) is 4.74 Å². The lowest BCUT2D eigenvalue weighted by Gasteiger charge is -1.98. The zero-order valence-corrected chi connectivity index (χ0v) is 9.35. The van der Waals surface area contributed by atoms with Gasteiger partial charge in [0.15, 0.2) is 0 Å². The standard InChI is InChI=1S/C13H16O3/c1-16-13(15)4-2-3-11-5-7-12(8-6-11)9-10-14/h2-3,5-8,14H,4,9-10H2,1H3. The molecule has 0 fully saturated rings. The predicted molar refractivity (Wildman–Crippen MR) is 62.9 cm³/mol. The zero-order chi connectivity index (χ0) is 11.8. The smallest absolute Gasteiger partial charge is 0.309 e. The van der Waals surface area contributed by atoms with Crippen LogP contribution < -0.4 is 0 Å². The molecule has 0 unspecified atom stereocenters. The Morgan fingerprint density at radius 1 is 1.38 bits per heavy atom. The molecule has 0 radical (unpaired) electrons. The van der Waals surface area contributed by atoms with Crippen molar-refractivity contribution in [3.8, 4) is 0 Å². The van der Waals surface area contributed by atoms with Crippen LogP contribution in [0.2, 0.25) is 0 Å². The first-order chi connectivity index (χ1) is 7.76. The molecule has 0 saturated carbocycles.